The topological polar surface area (TPSA) is 149 Å². The van der Waals surface area contributed by atoms with Crippen LogP contribution < -0.4 is 0 Å². The smallest absolute Gasteiger partial charge is 0.457 e. The fourth-order valence-electron chi connectivity index (χ4n) is 4.08. The summed E-state index contributed by atoms with van der Waals surface area (Å²) in [5.74, 6) is -1.05. The maximum atomic E-state index is 12.1. The van der Waals surface area contributed by atoms with Gasteiger partial charge in [-0.3, -0.25) is 18.6 Å². The Morgan fingerprint density at radius 2 is 1.02 bits per heavy atom. The first-order valence-corrected chi connectivity index (χ1v) is 17.8. The summed E-state index contributed by atoms with van der Waals surface area (Å²) in [5, 5.41) is 18.8. The summed E-state index contributed by atoms with van der Waals surface area (Å²) in [4.78, 5) is 33.8. The van der Waals surface area contributed by atoms with Gasteiger partial charge in [0.25, 0.3) is 0 Å². The first-order valence-electron chi connectivity index (χ1n) is 16.3. The summed E-state index contributed by atoms with van der Waals surface area (Å²) in [7, 11) is -4.61. The first-order chi connectivity index (χ1) is 20.8. The Morgan fingerprint density at radius 3 is 1.49 bits per heavy atom. The van der Waals surface area contributed by atoms with E-state index in [2.05, 4.69) is 31.2 Å². The van der Waals surface area contributed by atoms with E-state index in [0.29, 0.717) is 12.8 Å². The van der Waals surface area contributed by atoms with Crippen LogP contribution >= 0.6 is 7.82 Å². The molecule has 0 rings (SSSR count). The average Bonchev–Trinajstić information content (AvgIpc) is 2.99. The van der Waals surface area contributed by atoms with Crippen molar-refractivity contribution in [3.8, 4) is 0 Å². The van der Waals surface area contributed by atoms with Crippen molar-refractivity contribution in [1.82, 2.24) is 0 Å². The van der Waals surface area contributed by atoms with Crippen LogP contribution in [0.5, 0.6) is 0 Å². The second kappa shape index (κ2) is 29.2. The van der Waals surface area contributed by atoms with Gasteiger partial charge in [-0.05, 0) is 44.9 Å². The van der Waals surface area contributed by atoms with Gasteiger partial charge < -0.3 is 24.6 Å². The average molecular weight is 635 g/mol. The van der Waals surface area contributed by atoms with Gasteiger partial charge in [0.1, 0.15) is 12.2 Å². The molecule has 0 aromatic rings. The highest BCUT2D eigenvalue weighted by atomic mass is 31.2. The molecule has 0 aromatic heterocycles. The molecule has 0 radical (unpaired) electrons. The third-order valence-electron chi connectivity index (χ3n) is 6.67. The molecule has 3 atom stereocenters. The van der Waals surface area contributed by atoms with E-state index in [1.165, 1.54) is 44.9 Å². The summed E-state index contributed by atoms with van der Waals surface area (Å²) in [6.07, 6.45) is 24.0. The fourth-order valence-corrected chi connectivity index (χ4v) is 4.87. The van der Waals surface area contributed by atoms with Crippen LogP contribution in [-0.2, 0) is 32.7 Å². The van der Waals surface area contributed by atoms with E-state index in [0.717, 1.165) is 44.9 Å². The minimum absolute atomic E-state index is 0.178. The fraction of sp³-hybridized carbons (Fsp3) is 0.812. The molecule has 43 heavy (non-hydrogen) atoms. The van der Waals surface area contributed by atoms with Crippen LogP contribution in [0, 0.1) is 0 Å². The molecular weight excluding hydrogens is 575 g/mol. The maximum Gasteiger partial charge on any atom is 0.472 e. The van der Waals surface area contributed by atoms with Gasteiger partial charge in [0, 0.05) is 12.8 Å². The lowest BCUT2D eigenvalue weighted by Gasteiger charge is -2.20. The molecule has 0 bridgehead atoms. The number of unbranched alkanes of at least 4 members (excludes halogenated alkanes) is 12. The van der Waals surface area contributed by atoms with Gasteiger partial charge >= 0.3 is 19.8 Å². The lowest BCUT2D eigenvalue weighted by atomic mass is 10.1. The zero-order valence-corrected chi connectivity index (χ0v) is 27.6. The quantitative estimate of drug-likeness (QED) is 0.0323. The minimum atomic E-state index is -4.61. The van der Waals surface area contributed by atoms with Gasteiger partial charge in [0.2, 0.25) is 0 Å². The van der Waals surface area contributed by atoms with Gasteiger partial charge in [0.15, 0.2) is 0 Å². The van der Waals surface area contributed by atoms with E-state index in [9.17, 15) is 29.3 Å². The highest BCUT2D eigenvalue weighted by Crippen LogP contribution is 2.43. The molecule has 10 nitrogen and oxygen atoms in total. The zero-order valence-electron chi connectivity index (χ0n) is 26.7. The van der Waals surface area contributed by atoms with Crippen LogP contribution in [0.15, 0.2) is 24.3 Å². The van der Waals surface area contributed by atoms with Crippen molar-refractivity contribution >= 4 is 19.8 Å². The molecule has 0 fully saturated rings. The van der Waals surface area contributed by atoms with Gasteiger partial charge in [0.05, 0.1) is 26.4 Å². The van der Waals surface area contributed by atoms with E-state index < -0.39 is 58.4 Å². The molecule has 0 aliphatic carbocycles. The third-order valence-corrected chi connectivity index (χ3v) is 7.62. The summed E-state index contributed by atoms with van der Waals surface area (Å²) in [6.45, 7) is 1.93. The Hall–Kier alpha value is -1.55. The lowest BCUT2D eigenvalue weighted by Crippen LogP contribution is -2.28. The molecule has 0 amide bonds. The van der Waals surface area contributed by atoms with E-state index >= 15 is 0 Å². The monoisotopic (exact) mass is 634 g/mol. The number of hydrogen-bond acceptors (Lipinski definition) is 9. The normalized spacial score (nSPS) is 14.6. The highest BCUT2D eigenvalue weighted by molar-refractivity contribution is 7.47. The molecule has 3 N–H and O–H groups in total. The summed E-state index contributed by atoms with van der Waals surface area (Å²) < 4.78 is 32.0. The van der Waals surface area contributed by atoms with Crippen LogP contribution in [0.4, 0.5) is 0 Å². The third kappa shape index (κ3) is 27.7. The van der Waals surface area contributed by atoms with Crippen LogP contribution in [-0.4, -0.2) is 65.7 Å². The second-order valence-electron chi connectivity index (χ2n) is 10.8. The first kappa shape index (κ1) is 41.4. The number of carbonyl (C=O) groups excluding carboxylic acids is 2. The Labute approximate surface area is 259 Å². The number of carbonyl (C=O) groups is 2. The number of phosphoric ester groups is 1. The van der Waals surface area contributed by atoms with Crippen molar-refractivity contribution < 1.29 is 47.8 Å². The molecule has 0 aromatic carbocycles. The van der Waals surface area contributed by atoms with Crippen molar-refractivity contribution in [1.29, 1.82) is 0 Å². The number of hydrogen-bond donors (Lipinski definition) is 3. The SMILES string of the molecule is CCCCC/C=C\C/C=C\CCCCCCCCCC(=O)OC(CO)COP(=O)(O)OCC(CO)OC(=O)CCCCC. The van der Waals surface area contributed by atoms with Gasteiger partial charge in [-0.15, -0.1) is 0 Å². The van der Waals surface area contributed by atoms with Crippen molar-refractivity contribution in [3.63, 3.8) is 0 Å². The molecule has 0 aliphatic rings. The standard InChI is InChI=1S/C32H59O10P/c1-3-5-7-8-9-10-11-12-13-14-15-16-17-18-19-20-22-24-32(36)42-30(26-34)28-40-43(37,38)39-27-29(25-33)41-31(35)23-21-6-4-2/h9-10,12-13,29-30,33-34H,3-8,11,14-28H2,1-2H3,(H,37,38)/b10-9-,13-12-. The maximum absolute atomic E-state index is 12.1. The Balaban J connectivity index is 3.94. The molecule has 0 saturated carbocycles. The molecule has 0 aliphatic heterocycles. The Bertz CT molecular complexity index is 786. The molecule has 0 spiro atoms. The van der Waals surface area contributed by atoms with E-state index in [4.69, 9.17) is 18.5 Å². The molecule has 3 unspecified atom stereocenters. The van der Waals surface area contributed by atoms with Crippen molar-refractivity contribution in [2.45, 2.75) is 142 Å². The summed E-state index contributed by atoms with van der Waals surface area (Å²) >= 11 is 0. The molecule has 11 heteroatoms. The summed E-state index contributed by atoms with van der Waals surface area (Å²) in [6, 6.07) is 0. The van der Waals surface area contributed by atoms with Gasteiger partial charge in [-0.1, -0.05) is 95.9 Å². The number of phosphoric acid groups is 1. The predicted molar refractivity (Wildman–Crippen MR) is 168 cm³/mol. The van der Waals surface area contributed by atoms with Crippen LogP contribution in [0.25, 0.3) is 0 Å². The highest BCUT2D eigenvalue weighted by Gasteiger charge is 2.27. The van der Waals surface area contributed by atoms with Gasteiger partial charge in [-0.25, -0.2) is 4.57 Å². The molecular formula is C32H59O10P. The Kier molecular flexibility index (Phi) is 28.1. The van der Waals surface area contributed by atoms with Crippen molar-refractivity contribution in [2.75, 3.05) is 26.4 Å². The van der Waals surface area contributed by atoms with Crippen LogP contribution in [0.3, 0.4) is 0 Å². The van der Waals surface area contributed by atoms with E-state index in [-0.39, 0.29) is 12.8 Å². The predicted octanol–water partition coefficient (Wildman–Crippen LogP) is 7.10. The molecule has 0 saturated heterocycles. The van der Waals surface area contributed by atoms with Crippen LogP contribution in [0.2, 0.25) is 0 Å². The van der Waals surface area contributed by atoms with Crippen LogP contribution in [0.1, 0.15) is 129 Å². The van der Waals surface area contributed by atoms with E-state index in [1.807, 2.05) is 6.92 Å². The minimum Gasteiger partial charge on any atom is -0.457 e. The number of aliphatic hydroxyl groups excluding tert-OH is 2. The van der Waals surface area contributed by atoms with E-state index in [1.54, 1.807) is 0 Å². The van der Waals surface area contributed by atoms with Crippen molar-refractivity contribution in [2.24, 2.45) is 0 Å². The number of rotatable bonds is 30. The number of allylic oxidation sites excluding steroid dienone is 4. The number of ether oxygens (including phenoxy) is 2. The molecule has 252 valence electrons. The number of aliphatic hydroxyl groups is 2. The number of esters is 2. The van der Waals surface area contributed by atoms with Crippen molar-refractivity contribution in [3.05, 3.63) is 24.3 Å². The van der Waals surface area contributed by atoms with Gasteiger partial charge in [-0.2, -0.15) is 0 Å². The lowest BCUT2D eigenvalue weighted by molar-refractivity contribution is -0.153. The largest absolute Gasteiger partial charge is 0.472 e. The Morgan fingerprint density at radius 1 is 0.628 bits per heavy atom. The summed E-state index contributed by atoms with van der Waals surface area (Å²) in [5.41, 5.74) is 0. The molecule has 0 heterocycles. The second-order valence-corrected chi connectivity index (χ2v) is 12.2. The zero-order chi connectivity index (χ0) is 32.0.